The Bertz CT molecular complexity index is 706. The van der Waals surface area contributed by atoms with E-state index in [4.69, 9.17) is 0 Å². The number of benzene rings is 2. The molecule has 6 heteroatoms. The third kappa shape index (κ3) is 4.66. The van der Waals surface area contributed by atoms with Crippen LogP contribution in [0.25, 0.3) is 0 Å². The van der Waals surface area contributed by atoms with Crippen LogP contribution in [0, 0.1) is 0 Å². The van der Waals surface area contributed by atoms with Gasteiger partial charge in [0.2, 0.25) is 5.91 Å². The number of likely N-dealkylation sites (N-methyl/N-ethyl adjacent to an activating group) is 1. The molecule has 0 radical (unpaired) electrons. The minimum absolute atomic E-state index is 0.366. The molecule has 0 saturated heterocycles. The summed E-state index contributed by atoms with van der Waals surface area (Å²) in [5.74, 6) is -0.366. The molecule has 0 aliphatic heterocycles. The van der Waals surface area contributed by atoms with Crippen LogP contribution < -0.4 is 10.6 Å². The Hall–Kier alpha value is -2.18. The van der Waals surface area contributed by atoms with Crippen molar-refractivity contribution < 1.29 is 9.59 Å². The summed E-state index contributed by atoms with van der Waals surface area (Å²) < 4.78 is 0.982. The summed E-state index contributed by atoms with van der Waals surface area (Å²) in [7, 11) is 3.34. The molecule has 2 aromatic carbocycles. The Balaban J connectivity index is 2.26. The van der Waals surface area contributed by atoms with Gasteiger partial charge < -0.3 is 5.32 Å². The van der Waals surface area contributed by atoms with Crippen molar-refractivity contribution in [3.05, 3.63) is 70.2 Å². The molecular weight excluding hydrogens is 370 g/mol. The number of urea groups is 1. The van der Waals surface area contributed by atoms with E-state index in [0.29, 0.717) is 6.54 Å². The minimum Gasteiger partial charge on any atom is -0.341 e. The molecule has 1 unspecified atom stereocenters. The average Bonchev–Trinajstić information content (AvgIpc) is 2.58. The second-order valence-electron chi connectivity index (χ2n) is 5.39. The Morgan fingerprint density at radius 1 is 1.08 bits per heavy atom. The van der Waals surface area contributed by atoms with E-state index in [1.165, 1.54) is 7.05 Å². The smallest absolute Gasteiger partial charge is 0.321 e. The first-order chi connectivity index (χ1) is 11.5. The van der Waals surface area contributed by atoms with Gasteiger partial charge in [0.1, 0.15) is 6.04 Å². The molecule has 0 aromatic heterocycles. The lowest BCUT2D eigenvalue weighted by Crippen LogP contribution is -2.44. The maximum Gasteiger partial charge on any atom is 0.321 e. The van der Waals surface area contributed by atoms with Crippen molar-refractivity contribution in [3.63, 3.8) is 0 Å². The monoisotopic (exact) mass is 389 g/mol. The first-order valence-electron chi connectivity index (χ1n) is 7.54. The number of hydrogen-bond acceptors (Lipinski definition) is 3. The highest BCUT2D eigenvalue weighted by molar-refractivity contribution is 9.10. The van der Waals surface area contributed by atoms with Gasteiger partial charge >= 0.3 is 6.03 Å². The zero-order valence-corrected chi connectivity index (χ0v) is 15.2. The summed E-state index contributed by atoms with van der Waals surface area (Å²) in [6.07, 6.45) is 0. The lowest BCUT2D eigenvalue weighted by Gasteiger charge is -2.27. The van der Waals surface area contributed by atoms with Crippen molar-refractivity contribution in [2.24, 2.45) is 0 Å². The van der Waals surface area contributed by atoms with Crippen LogP contribution in [0.3, 0.4) is 0 Å². The van der Waals surface area contributed by atoms with Crippen LogP contribution in [0.2, 0.25) is 0 Å². The molecule has 0 bridgehead atoms. The highest BCUT2D eigenvalue weighted by Gasteiger charge is 2.26. The first-order valence-corrected chi connectivity index (χ1v) is 8.33. The molecule has 0 heterocycles. The van der Waals surface area contributed by atoms with Crippen LogP contribution in [0.15, 0.2) is 59.1 Å². The SMILES string of the molecule is CNC(=O)NC(=O)C(c1ccccc1)N(C)Cc1ccccc1Br. The average molecular weight is 390 g/mol. The molecule has 0 saturated carbocycles. The van der Waals surface area contributed by atoms with Gasteiger partial charge in [-0.25, -0.2) is 4.79 Å². The van der Waals surface area contributed by atoms with E-state index < -0.39 is 12.1 Å². The molecule has 126 valence electrons. The predicted octanol–water partition coefficient (Wildman–Crippen LogP) is 3.08. The zero-order valence-electron chi connectivity index (χ0n) is 13.6. The number of imide groups is 1. The molecule has 3 amide bonds. The van der Waals surface area contributed by atoms with E-state index in [1.807, 2.05) is 66.5 Å². The van der Waals surface area contributed by atoms with Crippen molar-refractivity contribution in [2.45, 2.75) is 12.6 Å². The van der Waals surface area contributed by atoms with Crippen LogP contribution in [0.1, 0.15) is 17.2 Å². The van der Waals surface area contributed by atoms with E-state index >= 15 is 0 Å². The van der Waals surface area contributed by atoms with E-state index in [0.717, 1.165) is 15.6 Å². The fraction of sp³-hybridized carbons (Fsp3) is 0.222. The maximum atomic E-state index is 12.6. The zero-order chi connectivity index (χ0) is 17.5. The number of halogens is 1. The lowest BCUT2D eigenvalue weighted by molar-refractivity contribution is -0.125. The summed E-state index contributed by atoms with van der Waals surface area (Å²) in [4.78, 5) is 26.0. The minimum atomic E-state index is -0.574. The van der Waals surface area contributed by atoms with E-state index in [2.05, 4.69) is 26.6 Å². The fourth-order valence-electron chi connectivity index (χ4n) is 2.47. The van der Waals surface area contributed by atoms with Gasteiger partial charge in [-0.05, 0) is 24.2 Å². The standard InChI is InChI=1S/C18H20BrN3O2/c1-20-18(24)21-17(23)16(13-8-4-3-5-9-13)22(2)12-14-10-6-7-11-15(14)19/h3-11,16H,12H2,1-2H3,(H2,20,21,23,24). The number of nitrogens with one attached hydrogen (secondary N) is 2. The van der Waals surface area contributed by atoms with Gasteiger partial charge in [0.25, 0.3) is 0 Å². The quantitative estimate of drug-likeness (QED) is 0.825. The number of carbonyl (C=O) groups excluding carboxylic acids is 2. The number of nitrogens with zero attached hydrogens (tertiary/aromatic N) is 1. The molecule has 0 aliphatic rings. The third-order valence-corrected chi connectivity index (χ3v) is 4.42. The fourth-order valence-corrected chi connectivity index (χ4v) is 2.88. The molecule has 0 spiro atoms. The van der Waals surface area contributed by atoms with Crippen molar-refractivity contribution in [2.75, 3.05) is 14.1 Å². The van der Waals surface area contributed by atoms with Crippen molar-refractivity contribution in [1.82, 2.24) is 15.5 Å². The van der Waals surface area contributed by atoms with E-state index in [-0.39, 0.29) is 5.91 Å². The van der Waals surface area contributed by atoms with Crippen molar-refractivity contribution >= 4 is 27.9 Å². The molecule has 2 rings (SSSR count). The van der Waals surface area contributed by atoms with Crippen molar-refractivity contribution in [3.8, 4) is 0 Å². The molecule has 5 nitrogen and oxygen atoms in total. The van der Waals surface area contributed by atoms with Crippen LogP contribution in [0.4, 0.5) is 4.79 Å². The lowest BCUT2D eigenvalue weighted by atomic mass is 10.0. The Morgan fingerprint density at radius 3 is 2.33 bits per heavy atom. The van der Waals surface area contributed by atoms with Gasteiger partial charge in [-0.15, -0.1) is 0 Å². The number of hydrogen-bond donors (Lipinski definition) is 2. The molecule has 2 N–H and O–H groups in total. The van der Waals surface area contributed by atoms with Crippen LogP contribution in [0.5, 0.6) is 0 Å². The topological polar surface area (TPSA) is 61.4 Å². The summed E-state index contributed by atoms with van der Waals surface area (Å²) in [6.45, 7) is 0.558. The highest BCUT2D eigenvalue weighted by atomic mass is 79.9. The molecular formula is C18H20BrN3O2. The Morgan fingerprint density at radius 2 is 1.71 bits per heavy atom. The Labute approximate surface area is 150 Å². The van der Waals surface area contributed by atoms with Gasteiger partial charge in [-0.3, -0.25) is 15.0 Å². The molecule has 0 aliphatic carbocycles. The molecule has 2 aromatic rings. The van der Waals surface area contributed by atoms with E-state index in [1.54, 1.807) is 0 Å². The normalized spacial score (nSPS) is 11.8. The van der Waals surface area contributed by atoms with Gasteiger partial charge in [-0.1, -0.05) is 64.5 Å². The first kappa shape index (κ1) is 18.2. The highest BCUT2D eigenvalue weighted by Crippen LogP contribution is 2.24. The Kier molecular flexibility index (Phi) is 6.52. The van der Waals surface area contributed by atoms with Gasteiger partial charge in [0.15, 0.2) is 0 Å². The van der Waals surface area contributed by atoms with Crippen LogP contribution in [-0.2, 0) is 11.3 Å². The molecule has 1 atom stereocenters. The number of rotatable bonds is 5. The second-order valence-corrected chi connectivity index (χ2v) is 6.24. The van der Waals surface area contributed by atoms with Gasteiger partial charge in [-0.2, -0.15) is 0 Å². The van der Waals surface area contributed by atoms with Gasteiger partial charge in [0, 0.05) is 18.1 Å². The summed E-state index contributed by atoms with van der Waals surface area (Å²) in [6, 6.07) is 16.2. The molecule has 24 heavy (non-hydrogen) atoms. The van der Waals surface area contributed by atoms with Crippen LogP contribution in [-0.4, -0.2) is 30.9 Å². The van der Waals surface area contributed by atoms with Crippen molar-refractivity contribution in [1.29, 1.82) is 0 Å². The number of carbonyl (C=O) groups is 2. The van der Waals surface area contributed by atoms with Crippen LogP contribution >= 0.6 is 15.9 Å². The summed E-state index contributed by atoms with van der Waals surface area (Å²) in [5, 5.41) is 4.77. The van der Waals surface area contributed by atoms with E-state index in [9.17, 15) is 9.59 Å². The number of amides is 3. The predicted molar refractivity (Wildman–Crippen MR) is 97.4 cm³/mol. The maximum absolute atomic E-state index is 12.6. The molecule has 0 fully saturated rings. The third-order valence-electron chi connectivity index (χ3n) is 3.65. The largest absolute Gasteiger partial charge is 0.341 e. The second kappa shape index (κ2) is 8.61. The van der Waals surface area contributed by atoms with Gasteiger partial charge in [0.05, 0.1) is 0 Å². The summed E-state index contributed by atoms with van der Waals surface area (Å²) >= 11 is 3.53. The summed E-state index contributed by atoms with van der Waals surface area (Å²) in [5.41, 5.74) is 1.89.